The molecule has 3 rings (SSSR count). The van der Waals surface area contributed by atoms with E-state index in [4.69, 9.17) is 4.74 Å². The Morgan fingerprint density at radius 3 is 2.70 bits per heavy atom. The highest BCUT2D eigenvalue weighted by Crippen LogP contribution is 2.31. The summed E-state index contributed by atoms with van der Waals surface area (Å²) in [6.45, 7) is 4.37. The number of carbonyl (C=O) groups is 1. The first kappa shape index (κ1) is 12.9. The van der Waals surface area contributed by atoms with Gasteiger partial charge in [-0.3, -0.25) is 0 Å². The van der Waals surface area contributed by atoms with Crippen molar-refractivity contribution < 1.29 is 14.6 Å². The van der Waals surface area contributed by atoms with Crippen molar-refractivity contribution in [3.8, 4) is 0 Å². The van der Waals surface area contributed by atoms with Gasteiger partial charge >= 0.3 is 5.97 Å². The number of anilines is 1. The van der Waals surface area contributed by atoms with Crippen molar-refractivity contribution in [1.82, 2.24) is 0 Å². The number of ether oxygens (including phenoxy) is 1. The smallest absolute Gasteiger partial charge is 0.336 e. The first-order chi connectivity index (χ1) is 9.68. The molecule has 2 aromatic carbocycles. The Bertz CT molecular complexity index is 653. The van der Waals surface area contributed by atoms with Gasteiger partial charge in [0, 0.05) is 23.7 Å². The molecule has 0 amide bonds. The van der Waals surface area contributed by atoms with Crippen LogP contribution in [0.15, 0.2) is 36.4 Å². The molecule has 1 aliphatic rings. The predicted octanol–water partition coefficient (Wildman–Crippen LogP) is 2.76. The van der Waals surface area contributed by atoms with Gasteiger partial charge in [-0.05, 0) is 24.4 Å². The maximum atomic E-state index is 11.3. The number of aromatic carboxylic acids is 1. The predicted molar refractivity (Wildman–Crippen MR) is 78.5 cm³/mol. The number of hydrogen-bond acceptors (Lipinski definition) is 3. The quantitative estimate of drug-likeness (QED) is 0.912. The molecule has 2 aromatic rings. The zero-order chi connectivity index (χ0) is 14.1. The van der Waals surface area contributed by atoms with Crippen LogP contribution in [0.25, 0.3) is 10.8 Å². The normalized spacial score (nSPS) is 19.2. The van der Waals surface area contributed by atoms with Crippen LogP contribution in [0.2, 0.25) is 0 Å². The van der Waals surface area contributed by atoms with Crippen molar-refractivity contribution in [2.45, 2.75) is 13.0 Å². The Hall–Kier alpha value is -2.07. The number of fused-ring (bicyclic) bond motifs is 1. The van der Waals surface area contributed by atoms with Crippen LogP contribution in [-0.2, 0) is 4.74 Å². The van der Waals surface area contributed by atoms with E-state index in [2.05, 4.69) is 11.8 Å². The van der Waals surface area contributed by atoms with E-state index < -0.39 is 5.97 Å². The number of hydrogen-bond donors (Lipinski definition) is 1. The lowest BCUT2D eigenvalue weighted by Crippen LogP contribution is -2.43. The number of morpholine rings is 1. The zero-order valence-electron chi connectivity index (χ0n) is 11.4. The standard InChI is InChI=1S/C16H17NO3/c1-11-10-20-9-8-17(11)15-7-6-14(16(18)19)12-4-2-3-5-13(12)15/h2-7,11H,8-10H2,1H3,(H,18,19). The lowest BCUT2D eigenvalue weighted by Gasteiger charge is -2.36. The largest absolute Gasteiger partial charge is 0.478 e. The van der Waals surface area contributed by atoms with Gasteiger partial charge in [0.05, 0.1) is 18.8 Å². The summed E-state index contributed by atoms with van der Waals surface area (Å²) in [4.78, 5) is 13.6. The molecule has 4 heteroatoms. The second-order valence-corrected chi connectivity index (χ2v) is 5.10. The zero-order valence-corrected chi connectivity index (χ0v) is 11.4. The summed E-state index contributed by atoms with van der Waals surface area (Å²) in [6, 6.07) is 11.6. The molecule has 4 nitrogen and oxygen atoms in total. The maximum absolute atomic E-state index is 11.3. The number of benzene rings is 2. The fourth-order valence-electron chi connectivity index (χ4n) is 2.81. The van der Waals surface area contributed by atoms with Gasteiger partial charge in [-0.15, -0.1) is 0 Å². The van der Waals surface area contributed by atoms with Crippen LogP contribution in [0.3, 0.4) is 0 Å². The van der Waals surface area contributed by atoms with Crippen molar-refractivity contribution in [3.63, 3.8) is 0 Å². The minimum Gasteiger partial charge on any atom is -0.478 e. The number of carboxylic acid groups (broad SMARTS) is 1. The second-order valence-electron chi connectivity index (χ2n) is 5.10. The number of nitrogens with zero attached hydrogens (tertiary/aromatic N) is 1. The Labute approximate surface area is 117 Å². The first-order valence-electron chi connectivity index (χ1n) is 6.78. The maximum Gasteiger partial charge on any atom is 0.336 e. The first-order valence-corrected chi connectivity index (χ1v) is 6.78. The monoisotopic (exact) mass is 271 g/mol. The Morgan fingerprint density at radius 2 is 2.00 bits per heavy atom. The van der Waals surface area contributed by atoms with Crippen LogP contribution < -0.4 is 4.90 Å². The van der Waals surface area contributed by atoms with Gasteiger partial charge in [-0.1, -0.05) is 24.3 Å². The fourth-order valence-corrected chi connectivity index (χ4v) is 2.81. The van der Waals surface area contributed by atoms with Crippen LogP contribution in [0.4, 0.5) is 5.69 Å². The Balaban J connectivity index is 2.17. The second kappa shape index (κ2) is 5.13. The summed E-state index contributed by atoms with van der Waals surface area (Å²) in [7, 11) is 0. The molecule has 1 heterocycles. The average molecular weight is 271 g/mol. The van der Waals surface area contributed by atoms with Crippen LogP contribution >= 0.6 is 0 Å². The summed E-state index contributed by atoms with van der Waals surface area (Å²) >= 11 is 0. The molecule has 0 aromatic heterocycles. The summed E-state index contributed by atoms with van der Waals surface area (Å²) in [6.07, 6.45) is 0. The highest BCUT2D eigenvalue weighted by molar-refractivity contribution is 6.07. The lowest BCUT2D eigenvalue weighted by molar-refractivity contribution is 0.0699. The van der Waals surface area contributed by atoms with Crippen molar-refractivity contribution in [1.29, 1.82) is 0 Å². The average Bonchev–Trinajstić information content (AvgIpc) is 2.46. The minimum absolute atomic E-state index is 0.294. The van der Waals surface area contributed by atoms with Gasteiger partial charge in [0.1, 0.15) is 0 Å². The molecule has 1 fully saturated rings. The Morgan fingerprint density at radius 1 is 1.25 bits per heavy atom. The van der Waals surface area contributed by atoms with Crippen LogP contribution in [0.5, 0.6) is 0 Å². The minimum atomic E-state index is -0.886. The van der Waals surface area contributed by atoms with Gasteiger partial charge in [-0.25, -0.2) is 4.79 Å². The molecule has 0 bridgehead atoms. The van der Waals surface area contributed by atoms with Crippen LogP contribution in [0, 0.1) is 0 Å². The molecule has 0 radical (unpaired) electrons. The van der Waals surface area contributed by atoms with E-state index in [1.807, 2.05) is 30.3 Å². The molecular formula is C16H17NO3. The van der Waals surface area contributed by atoms with Gasteiger partial charge in [0.25, 0.3) is 0 Å². The van der Waals surface area contributed by atoms with Gasteiger partial charge in [-0.2, -0.15) is 0 Å². The third-order valence-electron chi connectivity index (χ3n) is 3.81. The molecule has 0 aliphatic carbocycles. The highest BCUT2D eigenvalue weighted by Gasteiger charge is 2.22. The number of rotatable bonds is 2. The molecule has 1 saturated heterocycles. The molecular weight excluding hydrogens is 254 g/mol. The third kappa shape index (κ3) is 2.12. The lowest BCUT2D eigenvalue weighted by atomic mass is 10.0. The fraction of sp³-hybridized carbons (Fsp3) is 0.312. The number of carboxylic acids is 1. The van der Waals surface area contributed by atoms with Crippen LogP contribution in [-0.4, -0.2) is 36.9 Å². The van der Waals surface area contributed by atoms with E-state index in [1.54, 1.807) is 6.07 Å². The van der Waals surface area contributed by atoms with Crippen LogP contribution in [0.1, 0.15) is 17.3 Å². The molecule has 0 saturated carbocycles. The molecule has 104 valence electrons. The summed E-state index contributed by atoms with van der Waals surface area (Å²) in [5.74, 6) is -0.886. The molecule has 1 N–H and O–H groups in total. The molecule has 1 atom stereocenters. The van der Waals surface area contributed by atoms with E-state index in [0.717, 1.165) is 23.0 Å². The summed E-state index contributed by atoms with van der Waals surface area (Å²) in [5, 5.41) is 11.1. The topological polar surface area (TPSA) is 49.8 Å². The molecule has 0 spiro atoms. The Kier molecular flexibility index (Phi) is 3.32. The summed E-state index contributed by atoms with van der Waals surface area (Å²) in [5.41, 5.74) is 1.44. The molecule has 1 aliphatic heterocycles. The molecule has 1 unspecified atom stereocenters. The van der Waals surface area contributed by atoms with Crippen molar-refractivity contribution in [2.75, 3.05) is 24.7 Å². The third-order valence-corrected chi connectivity index (χ3v) is 3.81. The van der Waals surface area contributed by atoms with Gasteiger partial charge in [0.2, 0.25) is 0 Å². The van der Waals surface area contributed by atoms with E-state index >= 15 is 0 Å². The van der Waals surface area contributed by atoms with Gasteiger partial charge < -0.3 is 14.7 Å². The van der Waals surface area contributed by atoms with Gasteiger partial charge in [0.15, 0.2) is 0 Å². The molecule has 20 heavy (non-hydrogen) atoms. The SMILES string of the molecule is CC1COCCN1c1ccc(C(=O)O)c2ccccc12. The highest BCUT2D eigenvalue weighted by atomic mass is 16.5. The summed E-state index contributed by atoms with van der Waals surface area (Å²) < 4.78 is 5.47. The van der Waals surface area contributed by atoms with E-state index in [1.165, 1.54) is 0 Å². The van der Waals surface area contributed by atoms with E-state index in [9.17, 15) is 9.90 Å². The van der Waals surface area contributed by atoms with Crippen molar-refractivity contribution in [2.24, 2.45) is 0 Å². The van der Waals surface area contributed by atoms with E-state index in [0.29, 0.717) is 24.8 Å². The van der Waals surface area contributed by atoms with Crippen molar-refractivity contribution >= 4 is 22.4 Å². The van der Waals surface area contributed by atoms with Crippen molar-refractivity contribution in [3.05, 3.63) is 42.0 Å². The van der Waals surface area contributed by atoms with E-state index in [-0.39, 0.29) is 0 Å².